The van der Waals surface area contributed by atoms with Gasteiger partial charge in [-0.1, -0.05) is 15.9 Å². The third kappa shape index (κ3) is 1.67. The molecule has 0 amide bonds. The molecule has 0 atom stereocenters. The van der Waals surface area contributed by atoms with Gasteiger partial charge in [-0.05, 0) is 6.07 Å². The van der Waals surface area contributed by atoms with Crippen molar-refractivity contribution in [2.24, 2.45) is 0 Å². The average molecular weight is 203 g/mol. The smallest absolute Gasteiger partial charge is 0.266 e. The van der Waals surface area contributed by atoms with Gasteiger partial charge in [0.05, 0.1) is 6.54 Å². The largest absolute Gasteiger partial charge is 0.268 e. The minimum atomic E-state index is -0.0537. The molecular weight excluding hydrogens is 196 g/mol. The van der Waals surface area contributed by atoms with Crippen LogP contribution in [0.1, 0.15) is 0 Å². The van der Waals surface area contributed by atoms with E-state index >= 15 is 0 Å². The lowest BCUT2D eigenvalue weighted by Gasteiger charge is -1.97. The topological polar surface area (TPSA) is 34.9 Å². The van der Waals surface area contributed by atoms with Crippen molar-refractivity contribution in [2.45, 2.75) is 6.54 Å². The molecule has 0 spiro atoms. The highest BCUT2D eigenvalue weighted by Gasteiger charge is 1.90. The molecule has 0 unspecified atom stereocenters. The van der Waals surface area contributed by atoms with Crippen molar-refractivity contribution in [3.63, 3.8) is 0 Å². The van der Waals surface area contributed by atoms with E-state index in [1.807, 2.05) is 0 Å². The van der Waals surface area contributed by atoms with Gasteiger partial charge in [-0.2, -0.15) is 5.10 Å². The van der Waals surface area contributed by atoms with Gasteiger partial charge >= 0.3 is 0 Å². The lowest BCUT2D eigenvalue weighted by Crippen LogP contribution is -2.21. The molecule has 0 aliphatic carbocycles. The van der Waals surface area contributed by atoms with Crippen LogP contribution >= 0.6 is 15.9 Å². The first-order chi connectivity index (χ1) is 4.84. The van der Waals surface area contributed by atoms with Gasteiger partial charge in [0.2, 0.25) is 0 Å². The Kier molecular flexibility index (Phi) is 2.62. The van der Waals surface area contributed by atoms with Crippen LogP contribution in [-0.4, -0.2) is 15.1 Å². The van der Waals surface area contributed by atoms with E-state index in [4.69, 9.17) is 0 Å². The minimum absolute atomic E-state index is 0.0537. The van der Waals surface area contributed by atoms with Crippen LogP contribution in [0, 0.1) is 0 Å². The molecule has 1 heterocycles. The first kappa shape index (κ1) is 7.47. The second-order valence-corrected chi connectivity index (χ2v) is 2.57. The highest BCUT2D eigenvalue weighted by Crippen LogP contribution is 1.81. The number of aromatic nitrogens is 2. The summed E-state index contributed by atoms with van der Waals surface area (Å²) in [6.45, 7) is 0.625. The number of rotatable bonds is 2. The molecule has 0 bridgehead atoms. The molecule has 1 aromatic heterocycles. The maximum Gasteiger partial charge on any atom is 0.266 e. The third-order valence-corrected chi connectivity index (χ3v) is 1.44. The second-order valence-electron chi connectivity index (χ2n) is 1.77. The van der Waals surface area contributed by atoms with E-state index in [0.717, 1.165) is 5.33 Å². The predicted octanol–water partition coefficient (Wildman–Crippen LogP) is 0.638. The van der Waals surface area contributed by atoms with Gasteiger partial charge in [0.15, 0.2) is 0 Å². The SMILES string of the molecule is O=c1cccnn1CCBr. The van der Waals surface area contributed by atoms with E-state index in [2.05, 4.69) is 21.0 Å². The summed E-state index contributed by atoms with van der Waals surface area (Å²) in [5.41, 5.74) is -0.0537. The summed E-state index contributed by atoms with van der Waals surface area (Å²) in [7, 11) is 0. The molecule has 10 heavy (non-hydrogen) atoms. The van der Waals surface area contributed by atoms with Crippen LogP contribution in [0.4, 0.5) is 0 Å². The zero-order valence-corrected chi connectivity index (χ0v) is 6.91. The molecule has 3 nitrogen and oxygen atoms in total. The van der Waals surface area contributed by atoms with Crippen LogP contribution in [0.25, 0.3) is 0 Å². The molecule has 1 aromatic rings. The fourth-order valence-corrected chi connectivity index (χ4v) is 0.971. The summed E-state index contributed by atoms with van der Waals surface area (Å²) >= 11 is 3.22. The molecule has 0 radical (unpaired) electrons. The Hall–Kier alpha value is -0.640. The Morgan fingerprint density at radius 1 is 1.70 bits per heavy atom. The van der Waals surface area contributed by atoms with Gasteiger partial charge in [-0.3, -0.25) is 4.79 Å². The minimum Gasteiger partial charge on any atom is -0.268 e. The number of alkyl halides is 1. The highest BCUT2D eigenvalue weighted by molar-refractivity contribution is 9.09. The van der Waals surface area contributed by atoms with Crippen molar-refractivity contribution >= 4 is 15.9 Å². The summed E-state index contributed by atoms with van der Waals surface area (Å²) in [5, 5.41) is 4.60. The van der Waals surface area contributed by atoms with Crippen molar-refractivity contribution in [2.75, 3.05) is 5.33 Å². The van der Waals surface area contributed by atoms with Crippen molar-refractivity contribution < 1.29 is 0 Å². The van der Waals surface area contributed by atoms with Crippen molar-refractivity contribution in [3.05, 3.63) is 28.7 Å². The quantitative estimate of drug-likeness (QED) is 0.661. The molecule has 0 aliphatic rings. The Labute approximate surface area is 66.8 Å². The van der Waals surface area contributed by atoms with E-state index in [1.165, 1.54) is 10.7 Å². The van der Waals surface area contributed by atoms with Crippen molar-refractivity contribution in [1.29, 1.82) is 0 Å². The fraction of sp³-hybridized carbons (Fsp3) is 0.333. The normalized spacial score (nSPS) is 9.70. The lowest BCUT2D eigenvalue weighted by atomic mass is 10.6. The van der Waals surface area contributed by atoms with Crippen molar-refractivity contribution in [3.8, 4) is 0 Å². The third-order valence-electron chi connectivity index (χ3n) is 1.08. The van der Waals surface area contributed by atoms with E-state index in [1.54, 1.807) is 12.3 Å². The highest BCUT2D eigenvalue weighted by atomic mass is 79.9. The molecular formula is C6H7BrN2O. The van der Waals surface area contributed by atoms with Crippen LogP contribution in [0.15, 0.2) is 23.1 Å². The number of nitrogens with zero attached hydrogens (tertiary/aromatic N) is 2. The molecule has 0 N–H and O–H groups in total. The van der Waals surface area contributed by atoms with Gasteiger partial charge in [0.25, 0.3) is 5.56 Å². The molecule has 0 fully saturated rings. The summed E-state index contributed by atoms with van der Waals surface area (Å²) in [4.78, 5) is 10.9. The average Bonchev–Trinajstić information content (AvgIpc) is 1.94. The number of hydrogen-bond acceptors (Lipinski definition) is 2. The number of aryl methyl sites for hydroxylation is 1. The Morgan fingerprint density at radius 2 is 2.50 bits per heavy atom. The zero-order chi connectivity index (χ0) is 7.40. The molecule has 0 aromatic carbocycles. The summed E-state index contributed by atoms with van der Waals surface area (Å²) in [6, 6.07) is 3.13. The molecule has 54 valence electrons. The number of hydrogen-bond donors (Lipinski definition) is 0. The van der Waals surface area contributed by atoms with E-state index in [-0.39, 0.29) is 5.56 Å². The van der Waals surface area contributed by atoms with E-state index in [0.29, 0.717) is 6.54 Å². The summed E-state index contributed by atoms with van der Waals surface area (Å²) < 4.78 is 1.41. The maximum absolute atomic E-state index is 10.9. The Morgan fingerprint density at radius 3 is 3.10 bits per heavy atom. The molecule has 4 heteroatoms. The van der Waals surface area contributed by atoms with Gasteiger partial charge in [-0.25, -0.2) is 4.68 Å². The summed E-state index contributed by atoms with van der Waals surface area (Å²) in [6.07, 6.45) is 1.60. The first-order valence-corrected chi connectivity index (χ1v) is 4.05. The van der Waals surface area contributed by atoms with Crippen LogP contribution in [0.3, 0.4) is 0 Å². The molecule has 0 saturated heterocycles. The van der Waals surface area contributed by atoms with Gasteiger partial charge in [0, 0.05) is 17.6 Å². The fourth-order valence-electron chi connectivity index (χ4n) is 0.635. The van der Waals surface area contributed by atoms with Gasteiger partial charge < -0.3 is 0 Å². The first-order valence-electron chi connectivity index (χ1n) is 2.92. The summed E-state index contributed by atoms with van der Waals surface area (Å²) in [5.74, 6) is 0. The van der Waals surface area contributed by atoms with Crippen molar-refractivity contribution in [1.82, 2.24) is 9.78 Å². The maximum atomic E-state index is 10.9. The monoisotopic (exact) mass is 202 g/mol. The van der Waals surface area contributed by atoms with Crippen LogP contribution in [0.2, 0.25) is 0 Å². The molecule has 0 aliphatic heterocycles. The molecule has 0 saturated carbocycles. The van der Waals surface area contributed by atoms with Gasteiger partial charge in [-0.15, -0.1) is 0 Å². The van der Waals surface area contributed by atoms with E-state index < -0.39 is 0 Å². The lowest BCUT2D eigenvalue weighted by molar-refractivity contribution is 0.623. The van der Waals surface area contributed by atoms with Crippen LogP contribution in [0.5, 0.6) is 0 Å². The van der Waals surface area contributed by atoms with Gasteiger partial charge in [0.1, 0.15) is 0 Å². The zero-order valence-electron chi connectivity index (χ0n) is 5.33. The predicted molar refractivity (Wildman–Crippen MR) is 42.3 cm³/mol. The van der Waals surface area contributed by atoms with Crippen LogP contribution < -0.4 is 5.56 Å². The molecule has 1 rings (SSSR count). The standard InChI is InChI=1S/C6H7BrN2O/c7-3-5-9-6(10)2-1-4-8-9/h1-2,4H,3,5H2. The number of halogens is 1. The second kappa shape index (κ2) is 3.51. The Bertz CT molecular complexity index is 258. The van der Waals surface area contributed by atoms with E-state index in [9.17, 15) is 4.79 Å². The Balaban J connectivity index is 2.92. The van der Waals surface area contributed by atoms with Crippen LogP contribution in [-0.2, 0) is 6.54 Å².